The highest BCUT2D eigenvalue weighted by Gasteiger charge is 2.36. The standard InChI is InChI=1S/C18H28N6O/c25-18(22-15-7-13-23-10-2-1-4-16(15)23)21-14-5-11-24(12-6-14)17-19-8-3-9-20-17/h3,8-9,14-16H,1-2,4-7,10-13H2,(H2,21,22,25). The zero-order valence-corrected chi connectivity index (χ0v) is 14.7. The second-order valence-corrected chi connectivity index (χ2v) is 7.42. The van der Waals surface area contributed by atoms with Crippen molar-refractivity contribution in [1.82, 2.24) is 25.5 Å². The molecule has 4 rings (SSSR count). The average molecular weight is 344 g/mol. The van der Waals surface area contributed by atoms with Crippen molar-refractivity contribution in [3.63, 3.8) is 0 Å². The van der Waals surface area contributed by atoms with Crippen molar-refractivity contribution >= 4 is 12.0 Å². The Balaban J connectivity index is 1.23. The van der Waals surface area contributed by atoms with Crippen LogP contribution in [-0.4, -0.2) is 65.2 Å². The van der Waals surface area contributed by atoms with Crippen LogP contribution >= 0.6 is 0 Å². The number of amides is 2. The molecule has 0 aliphatic carbocycles. The van der Waals surface area contributed by atoms with Gasteiger partial charge in [-0.05, 0) is 44.7 Å². The van der Waals surface area contributed by atoms with Crippen molar-refractivity contribution in [2.45, 2.75) is 56.7 Å². The molecule has 7 heteroatoms. The molecule has 3 aliphatic heterocycles. The molecule has 0 aromatic carbocycles. The maximum absolute atomic E-state index is 12.4. The highest BCUT2D eigenvalue weighted by molar-refractivity contribution is 5.74. The molecule has 2 amide bonds. The molecule has 0 bridgehead atoms. The van der Waals surface area contributed by atoms with Gasteiger partial charge in [0.15, 0.2) is 0 Å². The zero-order chi connectivity index (χ0) is 17.1. The highest BCUT2D eigenvalue weighted by Crippen LogP contribution is 2.27. The Morgan fingerprint density at radius 1 is 0.960 bits per heavy atom. The summed E-state index contributed by atoms with van der Waals surface area (Å²) in [6.07, 6.45) is 10.3. The predicted octanol–water partition coefficient (Wildman–Crippen LogP) is 1.37. The smallest absolute Gasteiger partial charge is 0.315 e. The number of piperidine rings is 2. The summed E-state index contributed by atoms with van der Waals surface area (Å²) in [4.78, 5) is 25.8. The van der Waals surface area contributed by atoms with Crippen molar-refractivity contribution in [2.24, 2.45) is 0 Å². The molecule has 2 atom stereocenters. The number of anilines is 1. The number of nitrogens with one attached hydrogen (secondary N) is 2. The number of fused-ring (bicyclic) bond motifs is 1. The SMILES string of the molecule is O=C(NC1CCN(c2ncccn2)CC1)NC1CCN2CCCCC12. The third-order valence-corrected chi connectivity index (χ3v) is 5.84. The summed E-state index contributed by atoms with van der Waals surface area (Å²) >= 11 is 0. The Morgan fingerprint density at radius 3 is 2.56 bits per heavy atom. The molecule has 0 radical (unpaired) electrons. The Bertz CT molecular complexity index is 574. The van der Waals surface area contributed by atoms with Crippen LogP contribution in [-0.2, 0) is 0 Å². The first-order valence-electron chi connectivity index (χ1n) is 9.62. The summed E-state index contributed by atoms with van der Waals surface area (Å²) in [5, 5.41) is 6.42. The van der Waals surface area contributed by atoms with Gasteiger partial charge in [-0.1, -0.05) is 6.42 Å². The van der Waals surface area contributed by atoms with Gasteiger partial charge in [-0.15, -0.1) is 0 Å². The third kappa shape index (κ3) is 3.86. The normalized spacial score (nSPS) is 27.8. The van der Waals surface area contributed by atoms with Gasteiger partial charge in [0, 0.05) is 50.2 Å². The lowest BCUT2D eigenvalue weighted by molar-refractivity contribution is 0.178. The van der Waals surface area contributed by atoms with E-state index in [1.807, 2.05) is 6.07 Å². The van der Waals surface area contributed by atoms with E-state index >= 15 is 0 Å². The lowest BCUT2D eigenvalue weighted by Gasteiger charge is -2.34. The first kappa shape index (κ1) is 16.6. The van der Waals surface area contributed by atoms with Crippen molar-refractivity contribution in [3.05, 3.63) is 18.5 Å². The molecule has 1 aromatic rings. The lowest BCUT2D eigenvalue weighted by Crippen LogP contribution is -2.53. The van der Waals surface area contributed by atoms with Crippen molar-refractivity contribution in [2.75, 3.05) is 31.1 Å². The first-order chi connectivity index (χ1) is 12.3. The fourth-order valence-electron chi connectivity index (χ4n) is 4.49. The van der Waals surface area contributed by atoms with Crippen LogP contribution in [0.5, 0.6) is 0 Å². The van der Waals surface area contributed by atoms with Crippen molar-refractivity contribution in [3.8, 4) is 0 Å². The Morgan fingerprint density at radius 2 is 1.76 bits per heavy atom. The van der Waals surface area contributed by atoms with Gasteiger partial charge >= 0.3 is 6.03 Å². The van der Waals surface area contributed by atoms with E-state index in [2.05, 4.69) is 30.4 Å². The zero-order valence-electron chi connectivity index (χ0n) is 14.7. The molecule has 7 nitrogen and oxygen atoms in total. The molecule has 2 N–H and O–H groups in total. The second kappa shape index (κ2) is 7.56. The van der Waals surface area contributed by atoms with Gasteiger partial charge in [-0.2, -0.15) is 0 Å². The van der Waals surface area contributed by atoms with E-state index in [0.29, 0.717) is 12.1 Å². The first-order valence-corrected chi connectivity index (χ1v) is 9.62. The number of rotatable bonds is 3. The number of hydrogen-bond acceptors (Lipinski definition) is 5. The quantitative estimate of drug-likeness (QED) is 0.866. The summed E-state index contributed by atoms with van der Waals surface area (Å²) in [6.45, 7) is 4.10. The molecule has 3 saturated heterocycles. The second-order valence-electron chi connectivity index (χ2n) is 7.42. The average Bonchev–Trinajstić information content (AvgIpc) is 3.06. The molecule has 1 aromatic heterocycles. The van der Waals surface area contributed by atoms with Gasteiger partial charge < -0.3 is 15.5 Å². The number of hydrogen-bond donors (Lipinski definition) is 2. The summed E-state index contributed by atoms with van der Waals surface area (Å²) in [6, 6.07) is 2.95. The molecule has 3 fully saturated rings. The minimum atomic E-state index is 0.00633. The molecule has 136 valence electrons. The topological polar surface area (TPSA) is 73.4 Å². The maximum Gasteiger partial charge on any atom is 0.315 e. The minimum Gasteiger partial charge on any atom is -0.341 e. The molecule has 3 aliphatic rings. The van der Waals surface area contributed by atoms with Crippen LogP contribution in [0.15, 0.2) is 18.5 Å². The fraction of sp³-hybridized carbons (Fsp3) is 0.722. The molecular weight excluding hydrogens is 316 g/mol. The van der Waals surface area contributed by atoms with Crippen LogP contribution in [0.2, 0.25) is 0 Å². The van der Waals surface area contributed by atoms with E-state index in [1.54, 1.807) is 12.4 Å². The van der Waals surface area contributed by atoms with Crippen LogP contribution in [0.1, 0.15) is 38.5 Å². The highest BCUT2D eigenvalue weighted by atomic mass is 16.2. The summed E-state index contributed by atoms with van der Waals surface area (Å²) in [5.41, 5.74) is 0. The lowest BCUT2D eigenvalue weighted by atomic mass is 9.99. The molecule has 0 spiro atoms. The van der Waals surface area contributed by atoms with E-state index in [9.17, 15) is 4.79 Å². The van der Waals surface area contributed by atoms with Gasteiger partial charge in [-0.3, -0.25) is 4.90 Å². The van der Waals surface area contributed by atoms with Gasteiger partial charge in [0.25, 0.3) is 0 Å². The van der Waals surface area contributed by atoms with Crippen molar-refractivity contribution < 1.29 is 4.79 Å². The van der Waals surface area contributed by atoms with E-state index in [-0.39, 0.29) is 12.1 Å². The molecule has 25 heavy (non-hydrogen) atoms. The maximum atomic E-state index is 12.4. The van der Waals surface area contributed by atoms with Crippen LogP contribution < -0.4 is 15.5 Å². The van der Waals surface area contributed by atoms with Crippen LogP contribution in [0.3, 0.4) is 0 Å². The van der Waals surface area contributed by atoms with Gasteiger partial charge in [0.1, 0.15) is 0 Å². The predicted molar refractivity (Wildman–Crippen MR) is 96.6 cm³/mol. The van der Waals surface area contributed by atoms with Crippen LogP contribution in [0.25, 0.3) is 0 Å². The largest absolute Gasteiger partial charge is 0.341 e. The van der Waals surface area contributed by atoms with E-state index < -0.39 is 0 Å². The fourth-order valence-corrected chi connectivity index (χ4v) is 4.49. The molecule has 4 heterocycles. The van der Waals surface area contributed by atoms with Crippen LogP contribution in [0, 0.1) is 0 Å². The third-order valence-electron chi connectivity index (χ3n) is 5.84. The number of aromatic nitrogens is 2. The van der Waals surface area contributed by atoms with Crippen molar-refractivity contribution in [1.29, 1.82) is 0 Å². The number of carbonyl (C=O) groups is 1. The monoisotopic (exact) mass is 344 g/mol. The summed E-state index contributed by atoms with van der Waals surface area (Å²) < 4.78 is 0. The number of urea groups is 1. The Labute approximate surface area is 149 Å². The van der Waals surface area contributed by atoms with Crippen LogP contribution in [0.4, 0.5) is 10.7 Å². The van der Waals surface area contributed by atoms with E-state index in [4.69, 9.17) is 0 Å². The van der Waals surface area contributed by atoms with Gasteiger partial charge in [0.2, 0.25) is 5.95 Å². The minimum absolute atomic E-state index is 0.00633. The Kier molecular flexibility index (Phi) is 5.01. The van der Waals surface area contributed by atoms with Gasteiger partial charge in [-0.25, -0.2) is 14.8 Å². The molecule has 0 saturated carbocycles. The number of carbonyl (C=O) groups excluding carboxylic acids is 1. The van der Waals surface area contributed by atoms with E-state index in [0.717, 1.165) is 44.8 Å². The van der Waals surface area contributed by atoms with E-state index in [1.165, 1.54) is 25.8 Å². The summed E-state index contributed by atoms with van der Waals surface area (Å²) in [7, 11) is 0. The van der Waals surface area contributed by atoms with Gasteiger partial charge in [0.05, 0.1) is 0 Å². The summed E-state index contributed by atoms with van der Waals surface area (Å²) in [5.74, 6) is 0.786. The molecule has 2 unspecified atom stereocenters. The molecular formula is C18H28N6O. The number of nitrogens with zero attached hydrogens (tertiary/aromatic N) is 4. The Hall–Kier alpha value is -1.89.